The van der Waals surface area contributed by atoms with Crippen molar-refractivity contribution >= 4 is 15.9 Å². The van der Waals surface area contributed by atoms with Crippen molar-refractivity contribution in [2.75, 3.05) is 5.75 Å². The van der Waals surface area contributed by atoms with E-state index < -0.39 is 15.3 Å². The Morgan fingerprint density at radius 2 is 1.40 bits per heavy atom. The average Bonchev–Trinajstić information content (AvgIpc) is 2.62. The third-order valence-electron chi connectivity index (χ3n) is 4.40. The summed E-state index contributed by atoms with van der Waals surface area (Å²) in [5, 5.41) is 9.91. The van der Waals surface area contributed by atoms with Crippen molar-refractivity contribution in [1.82, 2.24) is 0 Å². The largest absolute Gasteiger partial charge is 0.374 e. The van der Waals surface area contributed by atoms with Crippen molar-refractivity contribution in [1.29, 1.82) is 0 Å². The Labute approximate surface area is 154 Å². The molecule has 0 amide bonds. The molecular weight excluding hydrogens is 332 g/mol. The van der Waals surface area contributed by atoms with E-state index in [-0.39, 0.29) is 5.75 Å². The fourth-order valence-electron chi connectivity index (χ4n) is 2.79. The highest BCUT2D eigenvalue weighted by molar-refractivity contribution is 7.91. The van der Waals surface area contributed by atoms with E-state index in [9.17, 15) is 13.5 Å². The number of hydrogen-bond acceptors (Lipinski definition) is 3. The summed E-state index contributed by atoms with van der Waals surface area (Å²) in [6, 6.07) is 9.40. The summed E-state index contributed by atoms with van der Waals surface area (Å²) in [7, 11) is -3.47. The van der Waals surface area contributed by atoms with Crippen LogP contribution >= 0.6 is 0 Å². The molecule has 0 aromatic heterocycles. The summed E-state index contributed by atoms with van der Waals surface area (Å²) in [4.78, 5) is 0. The summed E-state index contributed by atoms with van der Waals surface area (Å²) < 4.78 is 24.2. The van der Waals surface area contributed by atoms with Gasteiger partial charge in [0.15, 0.2) is 15.3 Å². The zero-order valence-electron chi connectivity index (χ0n) is 15.6. The molecule has 0 spiro atoms. The van der Waals surface area contributed by atoms with E-state index in [1.807, 2.05) is 30.3 Å². The molecule has 142 valence electrons. The minimum absolute atomic E-state index is 0.0593. The molecule has 0 saturated heterocycles. The Hall–Kier alpha value is -1.13. The second-order valence-electron chi connectivity index (χ2n) is 6.71. The highest BCUT2D eigenvalue weighted by Gasteiger charge is 2.19. The fourth-order valence-corrected chi connectivity index (χ4v) is 3.95. The molecule has 0 aliphatic heterocycles. The van der Waals surface area contributed by atoms with Gasteiger partial charge in [-0.25, -0.2) is 8.42 Å². The molecule has 25 heavy (non-hydrogen) atoms. The monoisotopic (exact) mass is 366 g/mol. The van der Waals surface area contributed by atoms with Crippen LogP contribution in [-0.2, 0) is 9.84 Å². The van der Waals surface area contributed by atoms with Crippen LogP contribution in [0.25, 0.3) is 6.08 Å². The van der Waals surface area contributed by atoms with Gasteiger partial charge in [-0.05, 0) is 18.1 Å². The quantitative estimate of drug-likeness (QED) is 0.451. The van der Waals surface area contributed by atoms with Gasteiger partial charge < -0.3 is 5.11 Å². The van der Waals surface area contributed by atoms with Crippen LogP contribution in [0.3, 0.4) is 0 Å². The van der Waals surface area contributed by atoms with Crippen LogP contribution in [0.1, 0.15) is 76.7 Å². The second kappa shape index (κ2) is 13.1. The van der Waals surface area contributed by atoms with E-state index in [0.717, 1.165) is 18.4 Å². The van der Waals surface area contributed by atoms with Crippen molar-refractivity contribution in [3.8, 4) is 0 Å². The predicted octanol–water partition coefficient (Wildman–Crippen LogP) is 5.35. The number of aliphatic hydroxyl groups excluding tert-OH is 1. The van der Waals surface area contributed by atoms with Gasteiger partial charge in [0.2, 0.25) is 0 Å². The molecule has 0 heterocycles. The van der Waals surface area contributed by atoms with Gasteiger partial charge in [0.1, 0.15) is 0 Å². The van der Waals surface area contributed by atoms with Crippen molar-refractivity contribution in [3.05, 3.63) is 42.0 Å². The summed E-state index contributed by atoms with van der Waals surface area (Å²) in [5.41, 5.74) is -0.526. The first-order valence-electron chi connectivity index (χ1n) is 9.69. The Bertz CT molecular complexity index is 564. The van der Waals surface area contributed by atoms with Crippen LogP contribution in [0.2, 0.25) is 0 Å². The topological polar surface area (TPSA) is 54.4 Å². The summed E-state index contributed by atoms with van der Waals surface area (Å²) in [6.45, 7) is 2.22. The maximum atomic E-state index is 12.1. The van der Waals surface area contributed by atoms with Gasteiger partial charge >= 0.3 is 0 Å². The molecule has 1 rings (SSSR count). The standard InChI is InChI=1S/C21H34O3S/c1-2-3-4-5-6-7-8-9-10-14-19-25(23,24)21(22)18-17-20-15-12-11-13-16-20/h11-13,15-18,21-22H,2-10,14,19H2,1H3. The minimum atomic E-state index is -3.47. The lowest BCUT2D eigenvalue weighted by atomic mass is 10.1. The summed E-state index contributed by atoms with van der Waals surface area (Å²) in [6.07, 6.45) is 14.6. The van der Waals surface area contributed by atoms with E-state index in [0.29, 0.717) is 6.42 Å². The Morgan fingerprint density at radius 1 is 0.880 bits per heavy atom. The molecule has 0 aliphatic carbocycles. The lowest BCUT2D eigenvalue weighted by Crippen LogP contribution is -2.21. The zero-order valence-corrected chi connectivity index (χ0v) is 16.4. The number of rotatable bonds is 14. The molecule has 1 aromatic carbocycles. The molecule has 1 aromatic rings. The predicted molar refractivity (Wildman–Crippen MR) is 107 cm³/mol. The van der Waals surface area contributed by atoms with Crippen LogP contribution in [0.5, 0.6) is 0 Å². The number of benzene rings is 1. The highest BCUT2D eigenvalue weighted by Crippen LogP contribution is 2.13. The minimum Gasteiger partial charge on any atom is -0.374 e. The molecule has 0 fully saturated rings. The molecule has 0 saturated carbocycles. The Morgan fingerprint density at radius 3 is 1.96 bits per heavy atom. The lowest BCUT2D eigenvalue weighted by molar-refractivity contribution is 0.294. The van der Waals surface area contributed by atoms with Gasteiger partial charge in [-0.1, -0.05) is 101 Å². The van der Waals surface area contributed by atoms with Crippen molar-refractivity contribution in [2.24, 2.45) is 0 Å². The molecule has 4 heteroatoms. The van der Waals surface area contributed by atoms with Gasteiger partial charge in [-0.3, -0.25) is 0 Å². The van der Waals surface area contributed by atoms with Crippen LogP contribution in [0, 0.1) is 0 Å². The van der Waals surface area contributed by atoms with E-state index in [1.54, 1.807) is 6.08 Å². The third kappa shape index (κ3) is 10.5. The van der Waals surface area contributed by atoms with Gasteiger partial charge in [-0.2, -0.15) is 0 Å². The van der Waals surface area contributed by atoms with Gasteiger partial charge in [0, 0.05) is 0 Å². The van der Waals surface area contributed by atoms with Crippen molar-refractivity contribution in [2.45, 2.75) is 76.6 Å². The third-order valence-corrected chi connectivity index (χ3v) is 6.15. The SMILES string of the molecule is CCCCCCCCCCCCS(=O)(=O)C(O)C=Cc1ccccc1. The maximum absolute atomic E-state index is 12.1. The van der Waals surface area contributed by atoms with Gasteiger partial charge in [0.05, 0.1) is 5.75 Å². The molecule has 1 unspecified atom stereocenters. The average molecular weight is 367 g/mol. The lowest BCUT2D eigenvalue weighted by Gasteiger charge is -2.08. The number of unbranched alkanes of at least 4 members (excludes halogenated alkanes) is 9. The number of aliphatic hydroxyl groups is 1. The van der Waals surface area contributed by atoms with Gasteiger partial charge in [0.25, 0.3) is 0 Å². The van der Waals surface area contributed by atoms with Gasteiger partial charge in [-0.15, -0.1) is 0 Å². The molecule has 0 aliphatic rings. The van der Waals surface area contributed by atoms with E-state index in [1.165, 1.54) is 51.0 Å². The van der Waals surface area contributed by atoms with Crippen LogP contribution in [0.15, 0.2) is 36.4 Å². The van der Waals surface area contributed by atoms with E-state index >= 15 is 0 Å². The van der Waals surface area contributed by atoms with Crippen LogP contribution < -0.4 is 0 Å². The van der Waals surface area contributed by atoms with Crippen molar-refractivity contribution in [3.63, 3.8) is 0 Å². The normalized spacial score (nSPS) is 13.4. The number of hydrogen-bond donors (Lipinski definition) is 1. The van der Waals surface area contributed by atoms with E-state index in [4.69, 9.17) is 0 Å². The van der Waals surface area contributed by atoms with Crippen molar-refractivity contribution < 1.29 is 13.5 Å². The molecule has 1 N–H and O–H groups in total. The van der Waals surface area contributed by atoms with E-state index in [2.05, 4.69) is 6.92 Å². The molecule has 0 bridgehead atoms. The Kier molecular flexibility index (Phi) is 11.5. The zero-order chi connectivity index (χ0) is 18.4. The highest BCUT2D eigenvalue weighted by atomic mass is 32.2. The van der Waals surface area contributed by atoms with Crippen LogP contribution in [0.4, 0.5) is 0 Å². The first-order valence-corrected chi connectivity index (χ1v) is 11.4. The molecule has 1 atom stereocenters. The number of sulfone groups is 1. The smallest absolute Gasteiger partial charge is 0.180 e. The second-order valence-corrected chi connectivity index (χ2v) is 8.93. The fraction of sp³-hybridized carbons (Fsp3) is 0.619. The first kappa shape index (κ1) is 21.9. The summed E-state index contributed by atoms with van der Waals surface area (Å²) in [5.74, 6) is 0.0593. The molecule has 0 radical (unpaired) electrons. The maximum Gasteiger partial charge on any atom is 0.180 e. The van der Waals surface area contributed by atoms with Crippen LogP contribution in [-0.4, -0.2) is 24.7 Å². The Balaban J connectivity index is 2.15. The summed E-state index contributed by atoms with van der Waals surface area (Å²) >= 11 is 0. The first-order chi connectivity index (χ1) is 12.1. The molecule has 3 nitrogen and oxygen atoms in total. The molecular formula is C21H34O3S.